The van der Waals surface area contributed by atoms with Gasteiger partial charge in [0, 0.05) is 9.81 Å². The van der Waals surface area contributed by atoms with Crippen molar-refractivity contribution in [1.82, 2.24) is 0 Å². The minimum atomic E-state index is -2.48. The molecule has 146 valence electrons. The zero-order valence-electron chi connectivity index (χ0n) is 16.6. The number of hydrogen-bond acceptors (Lipinski definition) is 1. The van der Waals surface area contributed by atoms with Gasteiger partial charge in [0.2, 0.25) is 0 Å². The molecule has 27 heavy (non-hydrogen) atoms. The fraction of sp³-hybridized carbons (Fsp3) is 0.391. The molecule has 4 heteroatoms. The van der Waals surface area contributed by atoms with E-state index in [4.69, 9.17) is 4.43 Å². The zero-order valence-corrected chi connectivity index (χ0v) is 20.7. The van der Waals surface area contributed by atoms with Gasteiger partial charge in [-0.1, -0.05) is 120 Å². The molecular weight excluding hydrogens is 480 g/mol. The second-order valence-electron chi connectivity index (χ2n) is 7.85. The summed E-state index contributed by atoms with van der Waals surface area (Å²) in [6, 6.07) is 21.5. The maximum atomic E-state index is 6.81. The van der Waals surface area contributed by atoms with E-state index in [1.54, 1.807) is 0 Å². The third-order valence-corrected chi connectivity index (χ3v) is 10.9. The van der Waals surface area contributed by atoms with E-state index in [1.165, 1.54) is 29.6 Å². The van der Waals surface area contributed by atoms with Gasteiger partial charge in [0.25, 0.3) is 0 Å². The lowest BCUT2D eigenvalue weighted by molar-refractivity contribution is 0.441. The Hall–Kier alpha value is -0.843. The number of hydrogen-bond donors (Lipinski definition) is 0. The van der Waals surface area contributed by atoms with Crippen LogP contribution in [0.25, 0.3) is 0 Å². The Balaban J connectivity index is 2.41. The number of rotatable bonds is 9. The van der Waals surface area contributed by atoms with E-state index in [0.29, 0.717) is 0 Å². The van der Waals surface area contributed by atoms with Crippen LogP contribution in [0.3, 0.4) is 0 Å². The summed E-state index contributed by atoms with van der Waals surface area (Å²) >= 11 is 7.24. The Labute approximate surface area is 182 Å². The predicted molar refractivity (Wildman–Crippen MR) is 128 cm³/mol. The van der Waals surface area contributed by atoms with Crippen molar-refractivity contribution in [2.24, 2.45) is 0 Å². The summed E-state index contributed by atoms with van der Waals surface area (Å²) in [7, 11) is -2.48. The van der Waals surface area contributed by atoms with Crippen molar-refractivity contribution in [3.8, 4) is 0 Å². The Morgan fingerprint density at radius 1 is 0.889 bits per heavy atom. The number of allylic oxidation sites excluding steroid dienone is 1. The number of alkyl halides is 1. The van der Waals surface area contributed by atoms with Crippen LogP contribution in [0, 0.1) is 0 Å². The smallest absolute Gasteiger partial charge is 0.319 e. The molecule has 0 atom stereocenters. The molecule has 0 aliphatic heterocycles. The molecule has 0 spiro atoms. The van der Waals surface area contributed by atoms with Crippen LogP contribution >= 0.6 is 31.9 Å². The zero-order chi connectivity index (χ0) is 19.8. The molecule has 0 aromatic heterocycles. The number of benzene rings is 2. The number of unbranched alkanes of at least 4 members (excludes halogenated alkanes) is 2. The van der Waals surface area contributed by atoms with E-state index in [9.17, 15) is 0 Å². The highest BCUT2D eigenvalue weighted by molar-refractivity contribution is 9.11. The van der Waals surface area contributed by atoms with E-state index in [2.05, 4.69) is 113 Å². The van der Waals surface area contributed by atoms with E-state index < -0.39 is 8.32 Å². The standard InChI is InChI=1S/C23H30Br2OSi/c1-23(2,3)27(21-14-8-4-9-15-21,22-16-10-5-11-17-22)26-19-20(25)13-7-6-12-18-24/h4-5,8-11,14-17,19H,6-7,12-13,18H2,1-3H3. The molecule has 2 rings (SSSR count). The van der Waals surface area contributed by atoms with Crippen molar-refractivity contribution in [2.75, 3.05) is 5.33 Å². The second-order valence-corrected chi connectivity index (χ2v) is 13.9. The highest BCUT2D eigenvalue weighted by Crippen LogP contribution is 2.37. The molecule has 0 unspecified atom stereocenters. The molecule has 0 saturated heterocycles. The maximum Gasteiger partial charge on any atom is 0.319 e. The van der Waals surface area contributed by atoms with Gasteiger partial charge in [0.1, 0.15) is 0 Å². The summed E-state index contributed by atoms with van der Waals surface area (Å²) in [6.07, 6.45) is 6.62. The molecule has 2 aromatic carbocycles. The van der Waals surface area contributed by atoms with Crippen LogP contribution in [-0.2, 0) is 4.43 Å². The van der Waals surface area contributed by atoms with E-state index in [0.717, 1.165) is 16.2 Å². The van der Waals surface area contributed by atoms with Crippen LogP contribution in [0.5, 0.6) is 0 Å². The molecule has 1 nitrogen and oxygen atoms in total. The lowest BCUT2D eigenvalue weighted by atomic mass is 10.2. The normalized spacial score (nSPS) is 12.9. The third-order valence-electron chi connectivity index (χ3n) is 4.83. The summed E-state index contributed by atoms with van der Waals surface area (Å²) in [5.41, 5.74) is 0. The molecule has 0 heterocycles. The third kappa shape index (κ3) is 5.82. The van der Waals surface area contributed by atoms with E-state index in [-0.39, 0.29) is 5.04 Å². The summed E-state index contributed by atoms with van der Waals surface area (Å²) in [6.45, 7) is 6.91. The molecule has 0 bridgehead atoms. The van der Waals surface area contributed by atoms with Crippen LogP contribution in [0.2, 0.25) is 5.04 Å². The van der Waals surface area contributed by atoms with Gasteiger partial charge in [-0.15, -0.1) is 0 Å². The molecule has 0 fully saturated rings. The molecule has 0 amide bonds. The average molecular weight is 510 g/mol. The first-order valence-electron chi connectivity index (χ1n) is 9.61. The molecule has 0 saturated carbocycles. The topological polar surface area (TPSA) is 9.23 Å². The van der Waals surface area contributed by atoms with Gasteiger partial charge in [-0.05, 0) is 34.7 Å². The van der Waals surface area contributed by atoms with Crippen molar-refractivity contribution < 1.29 is 4.43 Å². The van der Waals surface area contributed by atoms with Gasteiger partial charge >= 0.3 is 8.32 Å². The molecule has 2 aromatic rings. The van der Waals surface area contributed by atoms with E-state index >= 15 is 0 Å². The van der Waals surface area contributed by atoms with Crippen LogP contribution < -0.4 is 10.4 Å². The van der Waals surface area contributed by atoms with Crippen molar-refractivity contribution in [2.45, 2.75) is 51.5 Å². The van der Waals surface area contributed by atoms with Crippen LogP contribution in [0.15, 0.2) is 71.4 Å². The highest BCUT2D eigenvalue weighted by Gasteiger charge is 2.51. The Morgan fingerprint density at radius 2 is 1.41 bits per heavy atom. The average Bonchev–Trinajstić information content (AvgIpc) is 2.66. The van der Waals surface area contributed by atoms with Crippen molar-refractivity contribution >= 4 is 50.6 Å². The summed E-state index contributed by atoms with van der Waals surface area (Å²) in [4.78, 5) is 0. The first-order chi connectivity index (χ1) is 12.9. The minimum absolute atomic E-state index is 0.00451. The minimum Gasteiger partial charge on any atom is -0.539 e. The van der Waals surface area contributed by atoms with Crippen LogP contribution in [0.4, 0.5) is 0 Å². The molecule has 0 N–H and O–H groups in total. The quantitative estimate of drug-likeness (QED) is 0.157. The lowest BCUT2D eigenvalue weighted by Gasteiger charge is -2.42. The SMILES string of the molecule is CC(C)(C)[Si](OC=C(Br)CCCCCBr)(c1ccccc1)c1ccccc1. The van der Waals surface area contributed by atoms with Crippen LogP contribution in [0.1, 0.15) is 46.5 Å². The Kier molecular flexibility index (Phi) is 8.84. The van der Waals surface area contributed by atoms with E-state index in [1.807, 2.05) is 6.26 Å². The van der Waals surface area contributed by atoms with Crippen molar-refractivity contribution in [3.63, 3.8) is 0 Å². The Morgan fingerprint density at radius 3 is 1.85 bits per heavy atom. The second kappa shape index (κ2) is 10.6. The summed E-state index contributed by atoms with van der Waals surface area (Å²) in [5, 5.41) is 3.68. The van der Waals surface area contributed by atoms with Gasteiger partial charge in [-0.2, -0.15) is 0 Å². The predicted octanol–water partition coefficient (Wildman–Crippen LogP) is 6.75. The Bertz CT molecular complexity index is 669. The first kappa shape index (κ1) is 22.4. The summed E-state index contributed by atoms with van der Waals surface area (Å²) in [5.74, 6) is 0. The summed E-state index contributed by atoms with van der Waals surface area (Å²) < 4.78 is 7.95. The molecule has 0 aliphatic rings. The largest absolute Gasteiger partial charge is 0.539 e. The monoisotopic (exact) mass is 508 g/mol. The first-order valence-corrected chi connectivity index (χ1v) is 13.4. The highest BCUT2D eigenvalue weighted by atomic mass is 79.9. The maximum absolute atomic E-state index is 6.81. The van der Waals surface area contributed by atoms with Crippen molar-refractivity contribution in [3.05, 3.63) is 71.4 Å². The lowest BCUT2D eigenvalue weighted by Crippen LogP contribution is -2.65. The van der Waals surface area contributed by atoms with Gasteiger partial charge < -0.3 is 4.43 Å². The molecular formula is C23H30Br2OSi. The van der Waals surface area contributed by atoms with Gasteiger partial charge in [-0.25, -0.2) is 0 Å². The van der Waals surface area contributed by atoms with Crippen LogP contribution in [-0.4, -0.2) is 13.6 Å². The molecule has 0 aliphatic carbocycles. The van der Waals surface area contributed by atoms with Gasteiger partial charge in [0.05, 0.1) is 6.26 Å². The van der Waals surface area contributed by atoms with Crippen molar-refractivity contribution in [1.29, 1.82) is 0 Å². The fourth-order valence-electron chi connectivity index (χ4n) is 3.47. The number of halogens is 2. The van der Waals surface area contributed by atoms with Gasteiger partial charge in [0.15, 0.2) is 0 Å². The van der Waals surface area contributed by atoms with Gasteiger partial charge in [-0.3, -0.25) is 0 Å². The fourth-order valence-corrected chi connectivity index (χ4v) is 8.74. The molecule has 0 radical (unpaired) electrons.